The van der Waals surface area contributed by atoms with E-state index in [2.05, 4.69) is 41.6 Å². The lowest BCUT2D eigenvalue weighted by atomic mass is 10.3. The maximum Gasteiger partial charge on any atom is 0.277 e. The van der Waals surface area contributed by atoms with Gasteiger partial charge in [-0.15, -0.1) is 0 Å². The maximum atomic E-state index is 11.9. The molecule has 0 aliphatic carbocycles. The van der Waals surface area contributed by atoms with Gasteiger partial charge in [0.1, 0.15) is 11.5 Å². The van der Waals surface area contributed by atoms with E-state index in [0.29, 0.717) is 11.6 Å². The largest absolute Gasteiger partial charge is 0.307 e. The monoisotopic (exact) mass is 322 g/mol. The van der Waals surface area contributed by atoms with Crippen molar-refractivity contribution in [3.8, 4) is 0 Å². The first-order chi connectivity index (χ1) is 9.10. The van der Waals surface area contributed by atoms with E-state index in [0.717, 1.165) is 10.2 Å². The molecule has 0 spiro atoms. The summed E-state index contributed by atoms with van der Waals surface area (Å²) in [6.45, 7) is 1.83. The number of hydrogen-bond acceptors (Lipinski definition) is 6. The normalized spacial score (nSPS) is 10.1. The van der Waals surface area contributed by atoms with Crippen LogP contribution in [0.5, 0.6) is 0 Å². The zero-order chi connectivity index (χ0) is 13.8. The molecule has 19 heavy (non-hydrogen) atoms. The Kier molecular flexibility index (Phi) is 4.03. The summed E-state index contributed by atoms with van der Waals surface area (Å²) in [6, 6.07) is 3.50. The SMILES string of the molecule is Cc1nc(NC(=O)c2cnc(NN)cn2)ccc1Br. The number of anilines is 2. The average Bonchev–Trinajstić information content (AvgIpc) is 2.43. The lowest BCUT2D eigenvalue weighted by Crippen LogP contribution is -2.16. The Labute approximate surface area is 117 Å². The topological polar surface area (TPSA) is 106 Å². The van der Waals surface area contributed by atoms with Crippen LogP contribution in [0.25, 0.3) is 0 Å². The molecule has 0 aliphatic heterocycles. The highest BCUT2D eigenvalue weighted by molar-refractivity contribution is 9.10. The molecule has 4 N–H and O–H groups in total. The van der Waals surface area contributed by atoms with Crippen LogP contribution in [0.15, 0.2) is 29.0 Å². The van der Waals surface area contributed by atoms with Crippen LogP contribution in [0.4, 0.5) is 11.6 Å². The second kappa shape index (κ2) is 5.72. The van der Waals surface area contributed by atoms with Crippen molar-refractivity contribution in [3.05, 3.63) is 40.4 Å². The van der Waals surface area contributed by atoms with Crippen LogP contribution in [-0.4, -0.2) is 20.9 Å². The average molecular weight is 323 g/mol. The number of carbonyl (C=O) groups is 1. The molecule has 0 unspecified atom stereocenters. The first-order valence-electron chi connectivity index (χ1n) is 5.33. The van der Waals surface area contributed by atoms with E-state index in [1.165, 1.54) is 12.4 Å². The van der Waals surface area contributed by atoms with Crippen molar-refractivity contribution in [1.29, 1.82) is 0 Å². The Hall–Kier alpha value is -2.06. The summed E-state index contributed by atoms with van der Waals surface area (Å²) in [4.78, 5) is 23.9. The lowest BCUT2D eigenvalue weighted by molar-refractivity contribution is 0.102. The van der Waals surface area contributed by atoms with Crippen molar-refractivity contribution >= 4 is 33.5 Å². The molecule has 0 aromatic carbocycles. The van der Waals surface area contributed by atoms with Crippen LogP contribution in [-0.2, 0) is 0 Å². The highest BCUT2D eigenvalue weighted by Gasteiger charge is 2.09. The standard InChI is InChI=1S/C11H11BrN6O/c1-6-7(12)2-3-9(16-6)17-11(19)8-4-15-10(18-13)5-14-8/h2-5H,13H2,1H3,(H,15,18)(H,16,17,19). The van der Waals surface area contributed by atoms with Gasteiger partial charge in [-0.1, -0.05) is 0 Å². The summed E-state index contributed by atoms with van der Waals surface area (Å²) in [5, 5.41) is 2.64. The highest BCUT2D eigenvalue weighted by atomic mass is 79.9. The molecule has 2 aromatic heterocycles. The van der Waals surface area contributed by atoms with Gasteiger partial charge >= 0.3 is 0 Å². The van der Waals surface area contributed by atoms with Crippen LogP contribution >= 0.6 is 15.9 Å². The number of aromatic nitrogens is 3. The van der Waals surface area contributed by atoms with E-state index >= 15 is 0 Å². The number of pyridine rings is 1. The number of nitrogens with zero attached hydrogens (tertiary/aromatic N) is 3. The molecule has 0 bridgehead atoms. The van der Waals surface area contributed by atoms with Crippen molar-refractivity contribution in [2.45, 2.75) is 6.92 Å². The molecule has 0 atom stereocenters. The van der Waals surface area contributed by atoms with Crippen LogP contribution in [0, 0.1) is 6.92 Å². The zero-order valence-electron chi connectivity index (χ0n) is 10.0. The smallest absolute Gasteiger partial charge is 0.277 e. The first kappa shape index (κ1) is 13.4. The molecular weight excluding hydrogens is 312 g/mol. The molecule has 7 nitrogen and oxygen atoms in total. The van der Waals surface area contributed by atoms with E-state index in [1.54, 1.807) is 6.07 Å². The van der Waals surface area contributed by atoms with Gasteiger partial charge in [0, 0.05) is 4.47 Å². The predicted molar refractivity (Wildman–Crippen MR) is 74.5 cm³/mol. The quantitative estimate of drug-likeness (QED) is 0.583. The predicted octanol–water partition coefficient (Wildman–Crippen LogP) is 1.48. The van der Waals surface area contributed by atoms with Crippen LogP contribution in [0.3, 0.4) is 0 Å². The Morgan fingerprint density at radius 1 is 1.26 bits per heavy atom. The van der Waals surface area contributed by atoms with Gasteiger partial charge < -0.3 is 10.7 Å². The number of hydrogen-bond donors (Lipinski definition) is 3. The molecule has 2 heterocycles. The van der Waals surface area contributed by atoms with Gasteiger partial charge in [0.25, 0.3) is 5.91 Å². The third-order valence-corrected chi connectivity index (χ3v) is 3.13. The Morgan fingerprint density at radius 2 is 2.05 bits per heavy atom. The molecule has 2 rings (SSSR count). The number of halogens is 1. The molecule has 1 amide bonds. The Bertz CT molecular complexity index is 601. The molecule has 0 radical (unpaired) electrons. The minimum Gasteiger partial charge on any atom is -0.307 e. The Balaban J connectivity index is 2.13. The molecule has 2 aromatic rings. The fourth-order valence-corrected chi connectivity index (χ4v) is 1.53. The van der Waals surface area contributed by atoms with Gasteiger partial charge in [0.2, 0.25) is 0 Å². The van der Waals surface area contributed by atoms with Crippen molar-refractivity contribution in [2.24, 2.45) is 5.84 Å². The van der Waals surface area contributed by atoms with Gasteiger partial charge in [-0.25, -0.2) is 20.8 Å². The minimum atomic E-state index is -0.384. The molecule has 0 saturated heterocycles. The molecule has 0 fully saturated rings. The van der Waals surface area contributed by atoms with E-state index < -0.39 is 0 Å². The van der Waals surface area contributed by atoms with Gasteiger partial charge in [0.05, 0.1) is 18.1 Å². The first-order valence-corrected chi connectivity index (χ1v) is 6.12. The number of aryl methyl sites for hydroxylation is 1. The third kappa shape index (κ3) is 3.24. The molecule has 0 saturated carbocycles. The van der Waals surface area contributed by atoms with Crippen LogP contribution < -0.4 is 16.6 Å². The fraction of sp³-hybridized carbons (Fsp3) is 0.0909. The summed E-state index contributed by atoms with van der Waals surface area (Å²) < 4.78 is 0.878. The summed E-state index contributed by atoms with van der Waals surface area (Å²) in [7, 11) is 0. The highest BCUT2D eigenvalue weighted by Crippen LogP contribution is 2.16. The maximum absolute atomic E-state index is 11.9. The number of hydrazine groups is 1. The molecule has 8 heteroatoms. The van der Waals surface area contributed by atoms with Crippen molar-refractivity contribution in [3.63, 3.8) is 0 Å². The van der Waals surface area contributed by atoms with Crippen LogP contribution in [0.2, 0.25) is 0 Å². The number of nitrogens with two attached hydrogens (primary N) is 1. The summed E-state index contributed by atoms with van der Waals surface area (Å²) >= 11 is 3.34. The lowest BCUT2D eigenvalue weighted by Gasteiger charge is -2.06. The second-order valence-corrected chi connectivity index (χ2v) is 4.50. The van der Waals surface area contributed by atoms with Crippen LogP contribution in [0.1, 0.15) is 16.2 Å². The number of rotatable bonds is 3. The van der Waals surface area contributed by atoms with Gasteiger partial charge in [0.15, 0.2) is 5.82 Å². The van der Waals surface area contributed by atoms with E-state index in [1.807, 2.05) is 13.0 Å². The Morgan fingerprint density at radius 3 is 2.63 bits per heavy atom. The molecular formula is C11H11BrN6O. The van der Waals surface area contributed by atoms with E-state index in [-0.39, 0.29) is 11.6 Å². The van der Waals surface area contributed by atoms with Crippen molar-refractivity contribution in [1.82, 2.24) is 15.0 Å². The van der Waals surface area contributed by atoms with Crippen molar-refractivity contribution in [2.75, 3.05) is 10.7 Å². The summed E-state index contributed by atoms with van der Waals surface area (Å²) in [5.41, 5.74) is 3.30. The zero-order valence-corrected chi connectivity index (χ0v) is 11.6. The number of amides is 1. The van der Waals surface area contributed by atoms with Gasteiger partial charge in [-0.2, -0.15) is 0 Å². The molecule has 0 aliphatic rings. The summed E-state index contributed by atoms with van der Waals surface area (Å²) in [6.07, 6.45) is 2.70. The van der Waals surface area contributed by atoms with Gasteiger partial charge in [-0.05, 0) is 35.0 Å². The van der Waals surface area contributed by atoms with Crippen molar-refractivity contribution < 1.29 is 4.79 Å². The fourth-order valence-electron chi connectivity index (χ4n) is 1.31. The summed E-state index contributed by atoms with van der Waals surface area (Å²) in [5.74, 6) is 5.61. The minimum absolute atomic E-state index is 0.182. The molecule has 98 valence electrons. The number of nitrogen functional groups attached to an aromatic ring is 1. The van der Waals surface area contributed by atoms with Gasteiger partial charge in [-0.3, -0.25) is 4.79 Å². The second-order valence-electron chi connectivity index (χ2n) is 3.65. The van der Waals surface area contributed by atoms with E-state index in [9.17, 15) is 4.79 Å². The third-order valence-electron chi connectivity index (χ3n) is 2.30. The number of carbonyl (C=O) groups excluding carboxylic acids is 1. The van der Waals surface area contributed by atoms with E-state index in [4.69, 9.17) is 5.84 Å². The number of nitrogens with one attached hydrogen (secondary N) is 2.